The highest BCUT2D eigenvalue weighted by molar-refractivity contribution is 7.44. The van der Waals surface area contributed by atoms with Crippen molar-refractivity contribution >= 4 is 13.9 Å². The topological polar surface area (TPSA) is 75.6 Å². The van der Waals surface area contributed by atoms with Gasteiger partial charge in [-0.2, -0.15) is 0 Å². The Balaban J connectivity index is 4.09. The summed E-state index contributed by atoms with van der Waals surface area (Å²) in [7, 11) is -1.96. The molecule has 1 unspecified atom stereocenters. The van der Waals surface area contributed by atoms with E-state index in [1.54, 1.807) is 33.8 Å². The molecule has 0 aromatic heterocycles. The summed E-state index contributed by atoms with van der Waals surface area (Å²) in [6, 6.07) is 0. The zero-order valence-corrected chi connectivity index (χ0v) is 11.2. The molecule has 6 heteroatoms. The summed E-state index contributed by atoms with van der Waals surface area (Å²) in [6.07, 6.45) is 1.05. The summed E-state index contributed by atoms with van der Waals surface area (Å²) in [5.74, 6) is 0. The van der Waals surface area contributed by atoms with Crippen LogP contribution in [0.2, 0.25) is 0 Å². The summed E-state index contributed by atoms with van der Waals surface area (Å²) in [5.41, 5.74) is 0.0317. The summed E-state index contributed by atoms with van der Waals surface area (Å²) in [6.45, 7) is 7.00. The predicted molar refractivity (Wildman–Crippen MR) is 64.1 cm³/mol. The van der Waals surface area contributed by atoms with Gasteiger partial charge in [-0.1, -0.05) is 6.08 Å². The molecule has 0 radical (unpaired) electrons. The molecule has 0 spiro atoms. The van der Waals surface area contributed by atoms with Gasteiger partial charge in [0.25, 0.3) is 0 Å². The molecule has 0 aromatic rings. The first-order chi connectivity index (χ1) is 7.24. The Morgan fingerprint density at radius 3 is 2.50 bits per heavy atom. The van der Waals surface area contributed by atoms with Gasteiger partial charge in [-0.05, 0) is 27.7 Å². The second-order valence-electron chi connectivity index (χ2n) is 4.41. The van der Waals surface area contributed by atoms with Crippen LogP contribution in [-0.2, 0) is 9.30 Å². The van der Waals surface area contributed by atoms with Crippen LogP contribution in [-0.4, -0.2) is 29.3 Å². The van der Waals surface area contributed by atoms with Crippen LogP contribution in [0, 0.1) is 0 Å². The number of allylic oxidation sites excluding steroid dienone is 2. The molecule has 0 rings (SSSR count). The molecule has 16 heavy (non-hydrogen) atoms. The van der Waals surface area contributed by atoms with E-state index < -0.39 is 19.5 Å². The van der Waals surface area contributed by atoms with Gasteiger partial charge in [-0.3, -0.25) is 5.32 Å². The van der Waals surface area contributed by atoms with E-state index in [2.05, 4.69) is 5.32 Å². The van der Waals surface area contributed by atoms with Crippen LogP contribution in [0.5, 0.6) is 0 Å². The van der Waals surface area contributed by atoms with Gasteiger partial charge in [-0.15, -0.1) is 0 Å². The Morgan fingerprint density at radius 1 is 1.50 bits per heavy atom. The SMILES string of the molecule is CC(=CC[PH](=O)CO)NC(=O)OC(C)(C)C. The number of alkyl carbamates (subject to hydrolysis) is 1. The quantitative estimate of drug-likeness (QED) is 0.746. The van der Waals surface area contributed by atoms with Crippen LogP contribution < -0.4 is 5.32 Å². The molecule has 0 heterocycles. The van der Waals surface area contributed by atoms with E-state index in [9.17, 15) is 9.36 Å². The molecule has 94 valence electrons. The summed E-state index contributed by atoms with van der Waals surface area (Å²) >= 11 is 0. The molecule has 0 aliphatic rings. The fourth-order valence-electron chi connectivity index (χ4n) is 0.847. The Bertz CT molecular complexity index is 294. The van der Waals surface area contributed by atoms with Gasteiger partial charge in [0.2, 0.25) is 0 Å². The van der Waals surface area contributed by atoms with Crippen LogP contribution in [0.15, 0.2) is 11.8 Å². The normalized spacial score (nSPS) is 14.4. The first-order valence-corrected chi connectivity index (χ1v) is 6.86. The molecule has 1 amide bonds. The lowest BCUT2D eigenvalue weighted by atomic mass is 10.2. The molecule has 2 N–H and O–H groups in total. The van der Waals surface area contributed by atoms with E-state index in [4.69, 9.17) is 9.84 Å². The second-order valence-corrected chi connectivity index (χ2v) is 6.22. The fraction of sp³-hybridized carbons (Fsp3) is 0.700. The smallest absolute Gasteiger partial charge is 0.411 e. The zero-order chi connectivity index (χ0) is 12.8. The van der Waals surface area contributed by atoms with Crippen LogP contribution in [0.1, 0.15) is 27.7 Å². The molecule has 5 nitrogen and oxygen atoms in total. The van der Waals surface area contributed by atoms with Crippen LogP contribution in [0.25, 0.3) is 0 Å². The summed E-state index contributed by atoms with van der Waals surface area (Å²) in [4.78, 5) is 11.3. The minimum atomic E-state index is -1.96. The van der Waals surface area contributed by atoms with E-state index in [0.717, 1.165) is 0 Å². The highest BCUT2D eigenvalue weighted by Crippen LogP contribution is 2.17. The van der Waals surface area contributed by atoms with E-state index >= 15 is 0 Å². The Labute approximate surface area is 96.7 Å². The first kappa shape index (κ1) is 15.2. The number of aliphatic hydroxyl groups is 1. The number of ether oxygens (including phenoxy) is 1. The van der Waals surface area contributed by atoms with Gasteiger partial charge in [-0.25, -0.2) is 4.79 Å². The average Bonchev–Trinajstić information content (AvgIpc) is 2.10. The minimum Gasteiger partial charge on any atom is -0.444 e. The van der Waals surface area contributed by atoms with Gasteiger partial charge < -0.3 is 14.4 Å². The monoisotopic (exact) mass is 249 g/mol. The first-order valence-electron chi connectivity index (χ1n) is 5.04. The van der Waals surface area contributed by atoms with Gasteiger partial charge in [0.05, 0.1) is 6.35 Å². The lowest BCUT2D eigenvalue weighted by Gasteiger charge is -2.19. The van der Waals surface area contributed by atoms with E-state index in [1.165, 1.54) is 0 Å². The highest BCUT2D eigenvalue weighted by Gasteiger charge is 2.15. The van der Waals surface area contributed by atoms with Crippen molar-refractivity contribution < 1.29 is 19.2 Å². The third-order valence-electron chi connectivity index (χ3n) is 1.51. The zero-order valence-electron chi connectivity index (χ0n) is 10.2. The Hall–Kier alpha value is -0.800. The van der Waals surface area contributed by atoms with Gasteiger partial charge in [0.15, 0.2) is 0 Å². The molecular weight excluding hydrogens is 229 g/mol. The summed E-state index contributed by atoms with van der Waals surface area (Å²) < 4.78 is 16.0. The molecule has 0 saturated heterocycles. The number of hydrogen-bond donors (Lipinski definition) is 2. The molecule has 0 aliphatic heterocycles. The van der Waals surface area contributed by atoms with Crippen molar-refractivity contribution in [2.24, 2.45) is 0 Å². The van der Waals surface area contributed by atoms with Crippen molar-refractivity contribution in [2.75, 3.05) is 12.5 Å². The maximum absolute atomic E-state index is 11.3. The molecule has 0 bridgehead atoms. The van der Waals surface area contributed by atoms with E-state index in [-0.39, 0.29) is 12.5 Å². The minimum absolute atomic E-state index is 0.281. The van der Waals surface area contributed by atoms with Crippen molar-refractivity contribution in [3.8, 4) is 0 Å². The molecule has 0 fully saturated rings. The molecule has 0 aromatic carbocycles. The maximum Gasteiger partial charge on any atom is 0.411 e. The average molecular weight is 249 g/mol. The van der Waals surface area contributed by atoms with Crippen molar-refractivity contribution in [2.45, 2.75) is 33.3 Å². The van der Waals surface area contributed by atoms with E-state index in [0.29, 0.717) is 5.70 Å². The maximum atomic E-state index is 11.3. The molecule has 0 aliphatic carbocycles. The van der Waals surface area contributed by atoms with Gasteiger partial charge in [0, 0.05) is 11.9 Å². The number of carbonyl (C=O) groups excluding carboxylic acids is 1. The number of rotatable bonds is 4. The third kappa shape index (κ3) is 8.50. The molecule has 1 atom stereocenters. The van der Waals surface area contributed by atoms with Crippen molar-refractivity contribution in [1.82, 2.24) is 5.32 Å². The van der Waals surface area contributed by atoms with Crippen LogP contribution in [0.3, 0.4) is 0 Å². The molecular formula is C10H20NO4P. The fourth-order valence-corrected chi connectivity index (χ4v) is 1.51. The van der Waals surface area contributed by atoms with Crippen LogP contribution >= 0.6 is 7.80 Å². The van der Waals surface area contributed by atoms with Gasteiger partial charge in [0.1, 0.15) is 13.4 Å². The lowest BCUT2D eigenvalue weighted by molar-refractivity contribution is 0.0546. The largest absolute Gasteiger partial charge is 0.444 e. The summed E-state index contributed by atoms with van der Waals surface area (Å²) in [5, 5.41) is 11.1. The number of aliphatic hydroxyl groups excluding tert-OH is 1. The second kappa shape index (κ2) is 6.71. The lowest BCUT2D eigenvalue weighted by Crippen LogP contribution is -2.31. The molecule has 0 saturated carbocycles. The third-order valence-corrected chi connectivity index (χ3v) is 2.52. The Morgan fingerprint density at radius 2 is 2.06 bits per heavy atom. The number of carbonyl (C=O) groups is 1. The highest BCUT2D eigenvalue weighted by atomic mass is 31.1. The Kier molecular flexibility index (Phi) is 6.38. The van der Waals surface area contributed by atoms with Crippen molar-refractivity contribution in [1.29, 1.82) is 0 Å². The van der Waals surface area contributed by atoms with Crippen LogP contribution in [0.4, 0.5) is 4.79 Å². The van der Waals surface area contributed by atoms with Crippen molar-refractivity contribution in [3.05, 3.63) is 11.8 Å². The number of hydrogen-bond acceptors (Lipinski definition) is 4. The van der Waals surface area contributed by atoms with E-state index in [1.807, 2.05) is 0 Å². The van der Waals surface area contributed by atoms with Crippen molar-refractivity contribution in [3.63, 3.8) is 0 Å². The number of nitrogens with one attached hydrogen (secondary N) is 1. The van der Waals surface area contributed by atoms with Gasteiger partial charge >= 0.3 is 6.09 Å². The predicted octanol–water partition coefficient (Wildman–Crippen LogP) is 1.92. The number of amides is 1. The standard InChI is InChI=1S/C10H20NO4P/c1-8(5-6-16(14)7-12)11-9(13)15-10(2,3)4/h5,12,16H,6-7H2,1-4H3,(H,11,13).